The Balaban J connectivity index is 1.49. The summed E-state index contributed by atoms with van der Waals surface area (Å²) in [5, 5.41) is 4.53. The summed E-state index contributed by atoms with van der Waals surface area (Å²) in [4.78, 5) is 26.4. The summed E-state index contributed by atoms with van der Waals surface area (Å²) in [5.74, 6) is -0.186. The van der Waals surface area contributed by atoms with Gasteiger partial charge >= 0.3 is 0 Å². The van der Waals surface area contributed by atoms with Gasteiger partial charge in [-0.05, 0) is 43.5 Å². The van der Waals surface area contributed by atoms with Crippen molar-refractivity contribution in [2.24, 2.45) is 0 Å². The monoisotopic (exact) mass is 422 g/mol. The quantitative estimate of drug-likeness (QED) is 0.376. The lowest BCUT2D eigenvalue weighted by Crippen LogP contribution is -2.11. The van der Waals surface area contributed by atoms with Crippen LogP contribution in [0.5, 0.6) is 0 Å². The van der Waals surface area contributed by atoms with Crippen molar-refractivity contribution in [2.45, 2.75) is 11.3 Å². The highest BCUT2D eigenvalue weighted by atomic mass is 32.2. The largest absolute Gasteiger partial charge is 0.298 e. The normalized spacial score (nSPS) is 11.5. The van der Waals surface area contributed by atoms with E-state index in [1.165, 1.54) is 11.3 Å². The Morgan fingerprint density at radius 2 is 1.68 bits per heavy atom. The molecule has 1 N–H and O–H groups in total. The van der Waals surface area contributed by atoms with E-state index in [9.17, 15) is 4.79 Å². The number of nitrogens with one attached hydrogen (secondary N) is 1. The van der Waals surface area contributed by atoms with Gasteiger partial charge in [-0.2, -0.15) is 0 Å². The van der Waals surface area contributed by atoms with Crippen LogP contribution >= 0.6 is 34.4 Å². The molecule has 0 saturated carbocycles. The fraction of sp³-hybridized carbons (Fsp3) is 0.100. The Hall–Kier alpha value is -2.55. The first kappa shape index (κ1) is 17.5. The van der Waals surface area contributed by atoms with Crippen LogP contribution in [-0.4, -0.2) is 27.1 Å². The molecule has 1 amide bonds. The molecule has 5 rings (SSSR count). The van der Waals surface area contributed by atoms with Crippen molar-refractivity contribution < 1.29 is 4.79 Å². The zero-order chi connectivity index (χ0) is 19.3. The van der Waals surface area contributed by atoms with Crippen LogP contribution in [0.15, 0.2) is 46.8 Å². The molecule has 28 heavy (non-hydrogen) atoms. The minimum absolute atomic E-state index is 0.186. The van der Waals surface area contributed by atoms with E-state index in [0.29, 0.717) is 10.7 Å². The highest BCUT2D eigenvalue weighted by Crippen LogP contribution is 2.38. The van der Waals surface area contributed by atoms with E-state index in [1.54, 1.807) is 23.1 Å². The molecule has 138 valence electrons. The fourth-order valence-corrected chi connectivity index (χ4v) is 5.68. The summed E-state index contributed by atoms with van der Waals surface area (Å²) in [5.41, 5.74) is 4.15. The molecule has 0 aliphatic rings. The number of amides is 1. The maximum Gasteiger partial charge on any atom is 0.257 e. The lowest BCUT2D eigenvalue weighted by atomic mass is 10.1. The van der Waals surface area contributed by atoms with Gasteiger partial charge in [-0.15, -0.1) is 11.3 Å². The van der Waals surface area contributed by atoms with Gasteiger partial charge in [0.25, 0.3) is 5.91 Å². The second-order valence-electron chi connectivity index (χ2n) is 6.28. The molecule has 0 aliphatic heterocycles. The molecule has 2 aromatic carbocycles. The molecule has 0 radical (unpaired) electrons. The minimum Gasteiger partial charge on any atom is -0.298 e. The van der Waals surface area contributed by atoms with Crippen molar-refractivity contribution in [3.63, 3.8) is 0 Å². The predicted molar refractivity (Wildman–Crippen MR) is 119 cm³/mol. The van der Waals surface area contributed by atoms with E-state index in [1.807, 2.05) is 55.6 Å². The van der Waals surface area contributed by atoms with Crippen LogP contribution < -0.4 is 5.32 Å². The number of carbonyl (C=O) groups is 1. The number of benzene rings is 2. The number of thiazole rings is 2. The summed E-state index contributed by atoms with van der Waals surface area (Å²) in [6.07, 6.45) is 2.02. The van der Waals surface area contributed by atoms with Gasteiger partial charge in [-0.25, -0.2) is 9.97 Å². The fourth-order valence-electron chi connectivity index (χ4n) is 3.02. The van der Waals surface area contributed by atoms with Crippen molar-refractivity contribution in [3.8, 4) is 0 Å². The van der Waals surface area contributed by atoms with Crippen LogP contribution in [0.4, 0.5) is 5.13 Å². The first-order chi connectivity index (χ1) is 13.6. The van der Waals surface area contributed by atoms with E-state index in [2.05, 4.69) is 20.3 Å². The molecule has 5 nitrogen and oxygen atoms in total. The molecule has 3 heterocycles. The van der Waals surface area contributed by atoms with Crippen LogP contribution in [0.25, 0.3) is 31.3 Å². The Labute approximate surface area is 172 Å². The van der Waals surface area contributed by atoms with Crippen LogP contribution in [0.1, 0.15) is 16.1 Å². The summed E-state index contributed by atoms with van der Waals surface area (Å²) in [7, 11) is 0. The van der Waals surface area contributed by atoms with Crippen LogP contribution in [0.2, 0.25) is 0 Å². The summed E-state index contributed by atoms with van der Waals surface area (Å²) >= 11 is 4.78. The molecule has 0 unspecified atom stereocenters. The zero-order valence-electron chi connectivity index (χ0n) is 15.0. The van der Waals surface area contributed by atoms with Gasteiger partial charge < -0.3 is 0 Å². The molecule has 3 aromatic heterocycles. The molecule has 5 aromatic rings. The van der Waals surface area contributed by atoms with Gasteiger partial charge in [0, 0.05) is 16.6 Å². The predicted octanol–water partition coefficient (Wildman–Crippen LogP) is 5.74. The van der Waals surface area contributed by atoms with Crippen molar-refractivity contribution in [3.05, 3.63) is 53.7 Å². The maximum atomic E-state index is 12.7. The Morgan fingerprint density at radius 1 is 0.929 bits per heavy atom. The second kappa shape index (κ2) is 6.80. The van der Waals surface area contributed by atoms with E-state index in [-0.39, 0.29) is 5.91 Å². The number of nitrogens with zero attached hydrogens (tertiary/aromatic N) is 3. The SMILES string of the molecule is CSc1nc2ccc3nc(NC(=O)c4ccc5ccc(C)nc5c4)sc3c2s1. The summed E-state index contributed by atoms with van der Waals surface area (Å²) in [6, 6.07) is 13.5. The number of fused-ring (bicyclic) bond motifs is 4. The van der Waals surface area contributed by atoms with Crippen molar-refractivity contribution in [2.75, 3.05) is 11.6 Å². The molecule has 8 heteroatoms. The topological polar surface area (TPSA) is 67.8 Å². The number of pyridine rings is 1. The first-order valence-corrected chi connectivity index (χ1v) is 11.4. The average molecular weight is 423 g/mol. The van der Waals surface area contributed by atoms with E-state index < -0.39 is 0 Å². The van der Waals surface area contributed by atoms with Gasteiger partial charge in [0.05, 0.1) is 25.9 Å². The average Bonchev–Trinajstić information content (AvgIpc) is 3.30. The Bertz CT molecular complexity index is 1370. The Kier molecular flexibility index (Phi) is 4.26. The number of anilines is 1. The van der Waals surface area contributed by atoms with Gasteiger partial charge in [0.1, 0.15) is 0 Å². The number of hydrogen-bond donors (Lipinski definition) is 1. The third kappa shape index (κ3) is 3.03. The van der Waals surface area contributed by atoms with E-state index in [4.69, 9.17) is 0 Å². The lowest BCUT2D eigenvalue weighted by molar-refractivity contribution is 0.102. The number of thioether (sulfide) groups is 1. The number of carbonyl (C=O) groups excluding carboxylic acids is 1. The van der Waals surface area contributed by atoms with Gasteiger partial charge in [-0.3, -0.25) is 15.1 Å². The third-order valence-electron chi connectivity index (χ3n) is 4.38. The first-order valence-electron chi connectivity index (χ1n) is 8.53. The number of aryl methyl sites for hydroxylation is 1. The molecule has 0 saturated heterocycles. The van der Waals surface area contributed by atoms with Gasteiger partial charge in [0.15, 0.2) is 9.47 Å². The number of rotatable bonds is 3. The number of hydrogen-bond acceptors (Lipinski definition) is 7. The Morgan fingerprint density at radius 3 is 2.50 bits per heavy atom. The second-order valence-corrected chi connectivity index (χ2v) is 9.33. The smallest absolute Gasteiger partial charge is 0.257 e. The van der Waals surface area contributed by atoms with Crippen molar-refractivity contribution >= 4 is 76.8 Å². The van der Waals surface area contributed by atoms with Gasteiger partial charge in [0.2, 0.25) is 0 Å². The van der Waals surface area contributed by atoms with Crippen LogP contribution in [0, 0.1) is 6.92 Å². The molecule has 0 fully saturated rings. The van der Waals surface area contributed by atoms with Crippen LogP contribution in [-0.2, 0) is 0 Å². The highest BCUT2D eigenvalue weighted by molar-refractivity contribution is 8.00. The summed E-state index contributed by atoms with van der Waals surface area (Å²) in [6.45, 7) is 1.94. The molecule has 0 bridgehead atoms. The van der Waals surface area contributed by atoms with Crippen molar-refractivity contribution in [1.29, 1.82) is 0 Å². The third-order valence-corrected chi connectivity index (χ3v) is 7.59. The van der Waals surface area contributed by atoms with E-state index in [0.717, 1.165) is 41.4 Å². The molecule has 0 spiro atoms. The standard InChI is InChI=1S/C20H14N4OS3/c1-10-3-4-11-5-6-12(9-15(11)21-10)18(25)24-19-22-13-7-8-14-17(16(13)27-19)28-20(23-14)26-2/h3-9H,1-2H3,(H,22,24,25). The maximum absolute atomic E-state index is 12.7. The minimum atomic E-state index is -0.186. The molecular formula is C20H14N4OS3. The van der Waals surface area contributed by atoms with Crippen LogP contribution in [0.3, 0.4) is 0 Å². The van der Waals surface area contributed by atoms with Crippen molar-refractivity contribution in [1.82, 2.24) is 15.0 Å². The zero-order valence-corrected chi connectivity index (χ0v) is 17.5. The molecule has 0 aliphatic carbocycles. The number of aromatic nitrogens is 3. The lowest BCUT2D eigenvalue weighted by Gasteiger charge is -2.04. The van der Waals surface area contributed by atoms with Gasteiger partial charge in [-0.1, -0.05) is 35.2 Å². The highest BCUT2D eigenvalue weighted by Gasteiger charge is 2.14. The van der Waals surface area contributed by atoms with E-state index >= 15 is 0 Å². The molecule has 0 atom stereocenters. The molecular weight excluding hydrogens is 408 g/mol. The summed E-state index contributed by atoms with van der Waals surface area (Å²) < 4.78 is 3.20.